The topological polar surface area (TPSA) is 29.1 Å². The van der Waals surface area contributed by atoms with Crippen molar-refractivity contribution in [1.29, 1.82) is 0 Å². The molecular weight excluding hydrogens is 338 g/mol. The normalized spacial score (nSPS) is 37.6. The lowest BCUT2D eigenvalue weighted by Crippen LogP contribution is -2.54. The van der Waals surface area contributed by atoms with E-state index in [0.717, 1.165) is 30.1 Å². The van der Waals surface area contributed by atoms with E-state index in [1.807, 2.05) is 11.3 Å². The number of amides is 1. The Hall–Kier alpha value is -0.830. The molecule has 0 aromatic carbocycles. The molecule has 5 saturated carbocycles. The average Bonchev–Trinajstić information content (AvgIpc) is 3.15. The lowest BCUT2D eigenvalue weighted by Gasteiger charge is -2.55. The summed E-state index contributed by atoms with van der Waals surface area (Å²) in [7, 11) is 0. The molecule has 0 aliphatic heterocycles. The zero-order valence-corrected chi connectivity index (χ0v) is 16.7. The second-order valence-electron chi connectivity index (χ2n) is 9.98. The van der Waals surface area contributed by atoms with Gasteiger partial charge in [0.25, 0.3) is 0 Å². The predicted octanol–water partition coefficient (Wildman–Crippen LogP) is 6.09. The SMILES string of the molecule is O=C(NC(CC1CCCCC1)c1cccs1)C12CC3CC(CC(C3)C1)C2. The van der Waals surface area contributed by atoms with Crippen LogP contribution in [0.4, 0.5) is 0 Å². The van der Waals surface area contributed by atoms with Gasteiger partial charge < -0.3 is 5.32 Å². The van der Waals surface area contributed by atoms with Crippen molar-refractivity contribution in [3.05, 3.63) is 22.4 Å². The summed E-state index contributed by atoms with van der Waals surface area (Å²) < 4.78 is 0. The summed E-state index contributed by atoms with van der Waals surface area (Å²) in [5.74, 6) is 3.72. The highest BCUT2D eigenvalue weighted by molar-refractivity contribution is 7.10. The van der Waals surface area contributed by atoms with Crippen molar-refractivity contribution in [2.75, 3.05) is 0 Å². The molecule has 1 heterocycles. The maximum absolute atomic E-state index is 13.5. The van der Waals surface area contributed by atoms with E-state index in [1.54, 1.807) is 0 Å². The molecular formula is C23H33NOS. The zero-order chi connectivity index (χ0) is 17.6. The molecule has 0 saturated heterocycles. The van der Waals surface area contributed by atoms with Gasteiger partial charge in [0.05, 0.1) is 6.04 Å². The van der Waals surface area contributed by atoms with Crippen molar-refractivity contribution in [1.82, 2.24) is 5.32 Å². The van der Waals surface area contributed by atoms with Crippen LogP contribution in [0.3, 0.4) is 0 Å². The number of carbonyl (C=O) groups is 1. The molecule has 1 aromatic rings. The fraction of sp³-hybridized carbons (Fsp3) is 0.783. The Balaban J connectivity index is 1.32. The Bertz CT molecular complexity index is 595. The van der Waals surface area contributed by atoms with E-state index in [4.69, 9.17) is 0 Å². The van der Waals surface area contributed by atoms with Crippen LogP contribution in [0.25, 0.3) is 0 Å². The Morgan fingerprint density at radius 3 is 2.31 bits per heavy atom. The van der Waals surface area contributed by atoms with Gasteiger partial charge >= 0.3 is 0 Å². The number of thiophene rings is 1. The summed E-state index contributed by atoms with van der Waals surface area (Å²) in [4.78, 5) is 14.9. The third-order valence-electron chi connectivity index (χ3n) is 8.01. The number of carbonyl (C=O) groups excluding carboxylic acids is 1. The van der Waals surface area contributed by atoms with Gasteiger partial charge in [-0.05, 0) is 80.1 Å². The highest BCUT2D eigenvalue weighted by Crippen LogP contribution is 2.60. The number of hydrogen-bond acceptors (Lipinski definition) is 2. The van der Waals surface area contributed by atoms with Gasteiger partial charge in [0.15, 0.2) is 0 Å². The van der Waals surface area contributed by atoms with Crippen LogP contribution in [0.5, 0.6) is 0 Å². The molecule has 6 rings (SSSR count). The molecule has 2 nitrogen and oxygen atoms in total. The molecule has 4 bridgehead atoms. The monoisotopic (exact) mass is 371 g/mol. The van der Waals surface area contributed by atoms with Crippen molar-refractivity contribution < 1.29 is 4.79 Å². The molecule has 0 radical (unpaired) electrons. The minimum atomic E-state index is -0.0170. The van der Waals surface area contributed by atoms with Gasteiger partial charge in [-0.15, -0.1) is 11.3 Å². The van der Waals surface area contributed by atoms with Crippen LogP contribution in [0.1, 0.15) is 88.0 Å². The summed E-state index contributed by atoms with van der Waals surface area (Å²) in [6.07, 6.45) is 15.8. The molecule has 5 aliphatic rings. The highest BCUT2D eigenvalue weighted by Gasteiger charge is 2.54. The van der Waals surface area contributed by atoms with Crippen molar-refractivity contribution in [2.45, 2.75) is 83.1 Å². The van der Waals surface area contributed by atoms with Gasteiger partial charge in [0, 0.05) is 10.3 Å². The fourth-order valence-corrected chi connectivity index (χ4v) is 7.98. The lowest BCUT2D eigenvalue weighted by atomic mass is 9.49. The second-order valence-corrected chi connectivity index (χ2v) is 11.0. The standard InChI is InChI=1S/C23H33NOS/c25-22(23-13-17-9-18(14-23)11-19(10-17)15-23)24-20(21-7-4-8-26-21)12-16-5-2-1-3-6-16/h4,7-8,16-20H,1-3,5-6,9-15H2,(H,24,25). The first-order valence-electron chi connectivity index (χ1n) is 11.0. The van der Waals surface area contributed by atoms with Gasteiger partial charge in [0.1, 0.15) is 0 Å². The fourth-order valence-electron chi connectivity index (χ4n) is 7.19. The van der Waals surface area contributed by atoms with Crippen LogP contribution in [-0.4, -0.2) is 5.91 Å². The molecule has 3 heteroatoms. The van der Waals surface area contributed by atoms with Crippen LogP contribution in [0.15, 0.2) is 17.5 Å². The molecule has 0 spiro atoms. The lowest BCUT2D eigenvalue weighted by molar-refractivity contribution is -0.147. The maximum Gasteiger partial charge on any atom is 0.226 e. The summed E-state index contributed by atoms with van der Waals surface area (Å²) >= 11 is 1.82. The Morgan fingerprint density at radius 2 is 1.73 bits per heavy atom. The largest absolute Gasteiger partial charge is 0.348 e. The first-order valence-corrected chi connectivity index (χ1v) is 11.9. The molecule has 142 valence electrons. The molecule has 26 heavy (non-hydrogen) atoms. The van der Waals surface area contributed by atoms with Gasteiger partial charge in [0.2, 0.25) is 5.91 Å². The zero-order valence-electron chi connectivity index (χ0n) is 15.9. The van der Waals surface area contributed by atoms with E-state index in [1.165, 1.54) is 75.5 Å². The minimum absolute atomic E-state index is 0.0170. The van der Waals surface area contributed by atoms with Crippen LogP contribution in [0.2, 0.25) is 0 Å². The third-order valence-corrected chi connectivity index (χ3v) is 8.99. The van der Waals surface area contributed by atoms with Crippen LogP contribution >= 0.6 is 11.3 Å². The van der Waals surface area contributed by atoms with Gasteiger partial charge in [-0.1, -0.05) is 38.2 Å². The van der Waals surface area contributed by atoms with Crippen LogP contribution < -0.4 is 5.32 Å². The molecule has 5 aliphatic carbocycles. The van der Waals surface area contributed by atoms with Crippen molar-refractivity contribution in [3.8, 4) is 0 Å². The van der Waals surface area contributed by atoms with E-state index < -0.39 is 0 Å². The molecule has 1 atom stereocenters. The van der Waals surface area contributed by atoms with Gasteiger partial charge in [-0.3, -0.25) is 4.79 Å². The van der Waals surface area contributed by atoms with Crippen molar-refractivity contribution in [2.24, 2.45) is 29.1 Å². The minimum Gasteiger partial charge on any atom is -0.348 e. The Morgan fingerprint density at radius 1 is 1.08 bits per heavy atom. The quantitative estimate of drug-likeness (QED) is 0.666. The van der Waals surface area contributed by atoms with Gasteiger partial charge in [-0.2, -0.15) is 0 Å². The summed E-state index contributed by atoms with van der Waals surface area (Å²) in [5, 5.41) is 5.76. The smallest absolute Gasteiger partial charge is 0.226 e. The average molecular weight is 372 g/mol. The van der Waals surface area contributed by atoms with Crippen LogP contribution in [0, 0.1) is 29.1 Å². The predicted molar refractivity (Wildman–Crippen MR) is 107 cm³/mol. The van der Waals surface area contributed by atoms with Crippen molar-refractivity contribution >= 4 is 17.2 Å². The maximum atomic E-state index is 13.5. The summed E-state index contributed by atoms with van der Waals surface area (Å²) in [5.41, 5.74) is -0.0170. The molecule has 1 unspecified atom stereocenters. The van der Waals surface area contributed by atoms with E-state index in [-0.39, 0.29) is 11.5 Å². The second kappa shape index (κ2) is 6.96. The molecule has 1 N–H and O–H groups in total. The first kappa shape index (κ1) is 17.3. The van der Waals surface area contributed by atoms with E-state index >= 15 is 0 Å². The van der Waals surface area contributed by atoms with Crippen LogP contribution in [-0.2, 0) is 4.79 Å². The third kappa shape index (κ3) is 3.25. The number of rotatable bonds is 5. The molecule has 5 fully saturated rings. The highest BCUT2D eigenvalue weighted by atomic mass is 32.1. The Labute approximate surface area is 162 Å². The summed E-state index contributed by atoms with van der Waals surface area (Å²) in [6, 6.07) is 4.63. The van der Waals surface area contributed by atoms with Gasteiger partial charge in [-0.25, -0.2) is 0 Å². The van der Waals surface area contributed by atoms with E-state index in [9.17, 15) is 4.79 Å². The number of nitrogens with one attached hydrogen (secondary N) is 1. The Kier molecular flexibility index (Phi) is 4.63. The number of hydrogen-bond donors (Lipinski definition) is 1. The van der Waals surface area contributed by atoms with E-state index in [2.05, 4.69) is 22.8 Å². The van der Waals surface area contributed by atoms with Crippen molar-refractivity contribution in [3.63, 3.8) is 0 Å². The molecule has 1 aromatic heterocycles. The molecule has 1 amide bonds. The van der Waals surface area contributed by atoms with E-state index in [0.29, 0.717) is 5.91 Å². The summed E-state index contributed by atoms with van der Waals surface area (Å²) in [6.45, 7) is 0. The first-order chi connectivity index (χ1) is 12.7.